The van der Waals surface area contributed by atoms with Crippen molar-refractivity contribution in [2.45, 2.75) is 6.54 Å². The zero-order chi connectivity index (χ0) is 13.8. The molecule has 0 fully saturated rings. The minimum atomic E-state index is -0.301. The van der Waals surface area contributed by atoms with Crippen molar-refractivity contribution >= 4 is 37.5 Å². The van der Waals surface area contributed by atoms with E-state index >= 15 is 0 Å². The maximum atomic E-state index is 13.4. The van der Waals surface area contributed by atoms with Gasteiger partial charge in [0.2, 0.25) is 0 Å². The number of hydrogen-bond acceptors (Lipinski definition) is 2. The molecular weight excluding hydrogens is 379 g/mol. The molecule has 100 valence electrons. The standard InChI is InChI=1S/C13H11Br2FN2O/c14-9-7-10(15)13(19)18(8-9)6-5-17-12-4-2-1-3-11(12)16/h1-4,7-8,17H,5-6H2. The summed E-state index contributed by atoms with van der Waals surface area (Å²) < 4.78 is 16.2. The molecule has 0 unspecified atom stereocenters. The van der Waals surface area contributed by atoms with Gasteiger partial charge in [0.25, 0.3) is 5.56 Å². The van der Waals surface area contributed by atoms with Crippen LogP contribution < -0.4 is 10.9 Å². The van der Waals surface area contributed by atoms with Gasteiger partial charge in [-0.3, -0.25) is 4.79 Å². The van der Waals surface area contributed by atoms with Crippen molar-refractivity contribution in [3.8, 4) is 0 Å². The minimum Gasteiger partial charge on any atom is -0.381 e. The van der Waals surface area contributed by atoms with Crippen LogP contribution in [0.5, 0.6) is 0 Å². The molecule has 3 nitrogen and oxygen atoms in total. The zero-order valence-corrected chi connectivity index (χ0v) is 13.0. The van der Waals surface area contributed by atoms with Gasteiger partial charge in [0.05, 0.1) is 10.2 Å². The van der Waals surface area contributed by atoms with Gasteiger partial charge in [-0.15, -0.1) is 0 Å². The number of rotatable bonds is 4. The number of nitrogens with one attached hydrogen (secondary N) is 1. The molecule has 0 saturated heterocycles. The first-order valence-electron chi connectivity index (χ1n) is 5.62. The fraction of sp³-hybridized carbons (Fsp3) is 0.154. The normalized spacial score (nSPS) is 10.5. The predicted molar refractivity (Wildman–Crippen MR) is 81.0 cm³/mol. The quantitative estimate of drug-likeness (QED) is 0.866. The first-order chi connectivity index (χ1) is 9.08. The number of para-hydroxylation sites is 1. The number of halogens is 3. The van der Waals surface area contributed by atoms with E-state index in [0.29, 0.717) is 23.2 Å². The maximum absolute atomic E-state index is 13.4. The fourth-order valence-corrected chi connectivity index (χ4v) is 2.90. The van der Waals surface area contributed by atoms with Crippen molar-refractivity contribution in [1.82, 2.24) is 4.57 Å². The summed E-state index contributed by atoms with van der Waals surface area (Å²) in [6.45, 7) is 0.912. The molecule has 19 heavy (non-hydrogen) atoms. The number of nitrogens with zero attached hydrogens (tertiary/aromatic N) is 1. The Balaban J connectivity index is 2.04. The zero-order valence-electron chi connectivity index (χ0n) is 9.87. The molecule has 0 aliphatic carbocycles. The van der Waals surface area contributed by atoms with Crippen LogP contribution in [-0.2, 0) is 6.54 Å². The largest absolute Gasteiger partial charge is 0.381 e. The highest BCUT2D eigenvalue weighted by Crippen LogP contribution is 2.14. The monoisotopic (exact) mass is 388 g/mol. The molecule has 2 rings (SSSR count). The van der Waals surface area contributed by atoms with Crippen LogP contribution in [0.1, 0.15) is 0 Å². The first kappa shape index (κ1) is 14.3. The second-order valence-corrected chi connectivity index (χ2v) is 5.68. The highest BCUT2D eigenvalue weighted by molar-refractivity contribution is 9.11. The third-order valence-electron chi connectivity index (χ3n) is 2.55. The van der Waals surface area contributed by atoms with Crippen LogP contribution in [-0.4, -0.2) is 11.1 Å². The van der Waals surface area contributed by atoms with Crippen LogP contribution in [0.15, 0.2) is 50.3 Å². The summed E-state index contributed by atoms with van der Waals surface area (Å²) in [6, 6.07) is 8.14. The molecular formula is C13H11Br2FN2O. The van der Waals surface area contributed by atoms with E-state index in [9.17, 15) is 9.18 Å². The third kappa shape index (κ3) is 3.67. The summed E-state index contributed by atoms with van der Waals surface area (Å²) in [6.07, 6.45) is 1.70. The van der Waals surface area contributed by atoms with Gasteiger partial charge in [-0.05, 0) is 50.1 Å². The number of benzene rings is 1. The van der Waals surface area contributed by atoms with Crippen LogP contribution in [0.25, 0.3) is 0 Å². The average molecular weight is 390 g/mol. The summed E-state index contributed by atoms with van der Waals surface area (Å²) in [5.41, 5.74) is 0.322. The molecule has 1 aromatic heterocycles. The molecule has 1 aromatic carbocycles. The molecule has 0 atom stereocenters. The Morgan fingerprint density at radius 3 is 2.74 bits per heavy atom. The van der Waals surface area contributed by atoms with E-state index in [0.717, 1.165) is 4.47 Å². The maximum Gasteiger partial charge on any atom is 0.264 e. The molecule has 0 amide bonds. The Morgan fingerprint density at radius 1 is 1.26 bits per heavy atom. The van der Waals surface area contributed by atoms with Gasteiger partial charge in [0.1, 0.15) is 5.82 Å². The Bertz CT molecular complexity index is 643. The first-order valence-corrected chi connectivity index (χ1v) is 7.20. The molecule has 1 heterocycles. The smallest absolute Gasteiger partial charge is 0.264 e. The molecule has 2 aromatic rings. The minimum absolute atomic E-state index is 0.112. The van der Waals surface area contributed by atoms with Crippen molar-refractivity contribution in [3.63, 3.8) is 0 Å². The Morgan fingerprint density at radius 2 is 2.00 bits per heavy atom. The van der Waals surface area contributed by atoms with Gasteiger partial charge in [-0.1, -0.05) is 12.1 Å². The van der Waals surface area contributed by atoms with Gasteiger partial charge >= 0.3 is 0 Å². The molecule has 0 saturated carbocycles. The summed E-state index contributed by atoms with van der Waals surface area (Å²) in [5.74, 6) is -0.301. The summed E-state index contributed by atoms with van der Waals surface area (Å²) in [7, 11) is 0. The lowest BCUT2D eigenvalue weighted by molar-refractivity contribution is 0.626. The molecule has 0 bridgehead atoms. The molecule has 0 spiro atoms. The van der Waals surface area contributed by atoms with Crippen LogP contribution in [0.2, 0.25) is 0 Å². The Hall–Kier alpha value is -1.14. The van der Waals surface area contributed by atoms with E-state index in [1.165, 1.54) is 6.07 Å². The lowest BCUT2D eigenvalue weighted by atomic mass is 10.3. The van der Waals surface area contributed by atoms with Crippen LogP contribution in [0, 0.1) is 5.82 Å². The van der Waals surface area contributed by atoms with Crippen molar-refractivity contribution in [1.29, 1.82) is 0 Å². The van der Waals surface area contributed by atoms with E-state index < -0.39 is 0 Å². The highest BCUT2D eigenvalue weighted by atomic mass is 79.9. The van der Waals surface area contributed by atoms with Gasteiger partial charge in [-0.2, -0.15) is 0 Å². The van der Waals surface area contributed by atoms with Crippen molar-refractivity contribution < 1.29 is 4.39 Å². The molecule has 6 heteroatoms. The summed E-state index contributed by atoms with van der Waals surface area (Å²) in [5, 5.41) is 2.96. The number of pyridine rings is 1. The van der Waals surface area contributed by atoms with Gasteiger partial charge in [0.15, 0.2) is 0 Å². The number of aromatic nitrogens is 1. The van der Waals surface area contributed by atoms with Crippen molar-refractivity contribution in [2.75, 3.05) is 11.9 Å². The third-order valence-corrected chi connectivity index (χ3v) is 3.55. The van der Waals surface area contributed by atoms with Crippen LogP contribution >= 0.6 is 31.9 Å². The van der Waals surface area contributed by atoms with Gasteiger partial charge in [-0.25, -0.2) is 4.39 Å². The summed E-state index contributed by atoms with van der Waals surface area (Å²) >= 11 is 6.53. The van der Waals surface area contributed by atoms with Crippen LogP contribution in [0.4, 0.5) is 10.1 Å². The topological polar surface area (TPSA) is 34.0 Å². The molecule has 0 radical (unpaired) electrons. The van der Waals surface area contributed by atoms with Crippen molar-refractivity contribution in [3.05, 3.63) is 61.6 Å². The Labute approximate surface area is 126 Å². The second-order valence-electron chi connectivity index (χ2n) is 3.91. The fourth-order valence-electron chi connectivity index (χ4n) is 1.65. The Kier molecular flexibility index (Phi) is 4.76. The van der Waals surface area contributed by atoms with E-state index in [1.807, 2.05) is 0 Å². The molecule has 0 aliphatic rings. The number of hydrogen-bond donors (Lipinski definition) is 1. The van der Waals surface area contributed by atoms with E-state index in [4.69, 9.17) is 0 Å². The molecule has 0 aliphatic heterocycles. The SMILES string of the molecule is O=c1c(Br)cc(Br)cn1CCNc1ccccc1F. The van der Waals surface area contributed by atoms with Crippen LogP contribution in [0.3, 0.4) is 0 Å². The molecule has 1 N–H and O–H groups in total. The highest BCUT2D eigenvalue weighted by Gasteiger charge is 2.04. The predicted octanol–water partition coefficient (Wildman–Crippen LogP) is 3.62. The van der Waals surface area contributed by atoms with E-state index in [1.54, 1.807) is 35.0 Å². The van der Waals surface area contributed by atoms with Gasteiger partial charge < -0.3 is 9.88 Å². The lowest BCUT2D eigenvalue weighted by Gasteiger charge is -2.10. The van der Waals surface area contributed by atoms with E-state index in [2.05, 4.69) is 37.2 Å². The number of anilines is 1. The van der Waals surface area contributed by atoms with E-state index in [-0.39, 0.29) is 11.4 Å². The summed E-state index contributed by atoms with van der Waals surface area (Å²) in [4.78, 5) is 11.8. The van der Waals surface area contributed by atoms with Gasteiger partial charge in [0, 0.05) is 23.8 Å². The van der Waals surface area contributed by atoms with Crippen molar-refractivity contribution in [2.24, 2.45) is 0 Å². The second kappa shape index (κ2) is 6.34. The lowest BCUT2D eigenvalue weighted by Crippen LogP contribution is -2.24. The average Bonchev–Trinajstić information content (AvgIpc) is 2.37.